The van der Waals surface area contributed by atoms with Gasteiger partial charge in [-0.15, -0.1) is 0 Å². The maximum atomic E-state index is 12.9. The maximum absolute atomic E-state index is 12.9. The molecule has 6 nitrogen and oxygen atoms in total. The largest absolute Gasteiger partial charge is 0.340 e. The zero-order valence-corrected chi connectivity index (χ0v) is 17.2. The molecule has 4 aromatic rings. The Morgan fingerprint density at radius 3 is 2.47 bits per heavy atom. The predicted molar refractivity (Wildman–Crippen MR) is 120 cm³/mol. The van der Waals surface area contributed by atoms with Gasteiger partial charge in [0.1, 0.15) is 5.82 Å². The van der Waals surface area contributed by atoms with E-state index in [9.17, 15) is 4.79 Å². The van der Waals surface area contributed by atoms with Crippen LogP contribution in [0.5, 0.6) is 0 Å². The smallest absolute Gasteiger partial charge is 0.259 e. The van der Waals surface area contributed by atoms with Gasteiger partial charge < -0.3 is 10.6 Å². The van der Waals surface area contributed by atoms with E-state index < -0.39 is 0 Å². The van der Waals surface area contributed by atoms with Gasteiger partial charge in [0.2, 0.25) is 0 Å². The van der Waals surface area contributed by atoms with E-state index in [4.69, 9.17) is 0 Å². The molecule has 3 aromatic heterocycles. The minimum atomic E-state index is -0.252. The Morgan fingerprint density at radius 1 is 0.867 bits per heavy atom. The van der Waals surface area contributed by atoms with Crippen molar-refractivity contribution in [1.29, 1.82) is 0 Å². The van der Waals surface area contributed by atoms with Gasteiger partial charge in [0.05, 0.1) is 17.4 Å². The summed E-state index contributed by atoms with van der Waals surface area (Å²) in [5.74, 6) is 0.232. The molecule has 0 fully saturated rings. The third-order valence-corrected chi connectivity index (χ3v) is 4.75. The van der Waals surface area contributed by atoms with Crippen LogP contribution in [0.15, 0.2) is 73.3 Å². The second kappa shape index (κ2) is 7.91. The summed E-state index contributed by atoms with van der Waals surface area (Å²) < 4.78 is 0. The molecular formula is C24H23N5O. The summed E-state index contributed by atoms with van der Waals surface area (Å²) in [7, 11) is 0. The molecular weight excluding hydrogens is 374 g/mol. The highest BCUT2D eigenvalue weighted by molar-refractivity contribution is 6.07. The highest BCUT2D eigenvalue weighted by Crippen LogP contribution is 2.24. The Kier molecular flexibility index (Phi) is 5.14. The summed E-state index contributed by atoms with van der Waals surface area (Å²) >= 11 is 0. The van der Waals surface area contributed by atoms with Crippen LogP contribution in [0, 0.1) is 0 Å². The second-order valence-electron chi connectivity index (χ2n) is 8.10. The number of rotatable bonds is 4. The monoisotopic (exact) mass is 397 g/mol. The van der Waals surface area contributed by atoms with Gasteiger partial charge in [-0.3, -0.25) is 14.8 Å². The Morgan fingerprint density at radius 2 is 1.70 bits per heavy atom. The molecule has 6 heteroatoms. The molecule has 0 aliphatic heterocycles. The molecule has 0 spiro atoms. The minimum absolute atomic E-state index is 0.0433. The van der Waals surface area contributed by atoms with Crippen molar-refractivity contribution in [2.24, 2.45) is 0 Å². The van der Waals surface area contributed by atoms with Gasteiger partial charge in [-0.25, -0.2) is 4.98 Å². The molecule has 150 valence electrons. The van der Waals surface area contributed by atoms with Gasteiger partial charge in [-0.2, -0.15) is 0 Å². The van der Waals surface area contributed by atoms with Crippen LogP contribution < -0.4 is 10.6 Å². The molecule has 30 heavy (non-hydrogen) atoms. The molecule has 0 saturated carbocycles. The van der Waals surface area contributed by atoms with E-state index in [1.165, 1.54) is 0 Å². The number of nitrogens with one attached hydrogen (secondary N) is 2. The fourth-order valence-corrected chi connectivity index (χ4v) is 3.10. The molecule has 3 heterocycles. The van der Waals surface area contributed by atoms with Crippen LogP contribution in [0.25, 0.3) is 10.8 Å². The van der Waals surface area contributed by atoms with Crippen molar-refractivity contribution in [2.45, 2.75) is 26.2 Å². The van der Waals surface area contributed by atoms with Crippen molar-refractivity contribution in [1.82, 2.24) is 15.0 Å². The zero-order valence-electron chi connectivity index (χ0n) is 17.2. The summed E-state index contributed by atoms with van der Waals surface area (Å²) in [6.45, 7) is 6.30. The third kappa shape index (κ3) is 4.27. The Labute approximate surface area is 175 Å². The van der Waals surface area contributed by atoms with Gasteiger partial charge in [-0.1, -0.05) is 26.8 Å². The number of aromatic nitrogens is 3. The lowest BCUT2D eigenvalue weighted by atomic mass is 9.92. The van der Waals surface area contributed by atoms with Gasteiger partial charge in [0.25, 0.3) is 5.91 Å². The summed E-state index contributed by atoms with van der Waals surface area (Å²) in [6, 6.07) is 15.2. The van der Waals surface area contributed by atoms with Crippen LogP contribution in [0.1, 0.15) is 36.8 Å². The fourth-order valence-electron chi connectivity index (χ4n) is 3.10. The first-order valence-corrected chi connectivity index (χ1v) is 9.74. The lowest BCUT2D eigenvalue weighted by Crippen LogP contribution is -2.16. The molecule has 0 saturated heterocycles. The topological polar surface area (TPSA) is 79.8 Å². The molecule has 0 bridgehead atoms. The van der Waals surface area contributed by atoms with Gasteiger partial charge in [-0.05, 0) is 47.9 Å². The molecule has 0 aliphatic rings. The van der Waals surface area contributed by atoms with E-state index in [-0.39, 0.29) is 11.3 Å². The Balaban J connectivity index is 1.55. The lowest BCUT2D eigenvalue weighted by molar-refractivity contribution is 0.102. The van der Waals surface area contributed by atoms with Crippen LogP contribution in [0.4, 0.5) is 17.2 Å². The number of carbonyl (C=O) groups excluding carboxylic acids is 1. The third-order valence-electron chi connectivity index (χ3n) is 4.75. The van der Waals surface area contributed by atoms with E-state index in [1.807, 2.05) is 36.4 Å². The number of fused-ring (bicyclic) bond motifs is 1. The van der Waals surface area contributed by atoms with E-state index >= 15 is 0 Å². The predicted octanol–water partition coefficient (Wildman–Crippen LogP) is 5.32. The van der Waals surface area contributed by atoms with Gasteiger partial charge in [0, 0.05) is 40.8 Å². The maximum Gasteiger partial charge on any atom is 0.259 e. The molecule has 2 N–H and O–H groups in total. The van der Waals surface area contributed by atoms with E-state index in [0.717, 1.165) is 22.2 Å². The van der Waals surface area contributed by atoms with Crippen molar-refractivity contribution in [3.05, 3.63) is 84.6 Å². The normalized spacial score (nSPS) is 11.3. The van der Waals surface area contributed by atoms with Crippen molar-refractivity contribution >= 4 is 33.9 Å². The Hall–Kier alpha value is -3.80. The number of benzene rings is 1. The van der Waals surface area contributed by atoms with E-state index in [2.05, 4.69) is 46.4 Å². The number of carbonyl (C=O) groups is 1. The minimum Gasteiger partial charge on any atom is -0.340 e. The fraction of sp³-hybridized carbons (Fsp3) is 0.167. The van der Waals surface area contributed by atoms with Crippen molar-refractivity contribution in [2.75, 3.05) is 10.6 Å². The highest BCUT2D eigenvalue weighted by atomic mass is 16.1. The van der Waals surface area contributed by atoms with Gasteiger partial charge in [0.15, 0.2) is 0 Å². The van der Waals surface area contributed by atoms with Crippen LogP contribution in [0.3, 0.4) is 0 Å². The first-order chi connectivity index (χ1) is 14.4. The zero-order chi connectivity index (χ0) is 21.1. The number of pyridine rings is 3. The first kappa shape index (κ1) is 19.5. The van der Waals surface area contributed by atoms with Crippen LogP contribution >= 0.6 is 0 Å². The van der Waals surface area contributed by atoms with Crippen molar-refractivity contribution < 1.29 is 4.79 Å². The van der Waals surface area contributed by atoms with Crippen LogP contribution in [0.2, 0.25) is 0 Å². The summed E-state index contributed by atoms with van der Waals surface area (Å²) in [5.41, 5.74) is 2.84. The molecule has 1 amide bonds. The molecule has 4 rings (SSSR count). The molecule has 0 atom stereocenters. The number of anilines is 3. The second-order valence-corrected chi connectivity index (χ2v) is 8.10. The van der Waals surface area contributed by atoms with Gasteiger partial charge >= 0.3 is 0 Å². The van der Waals surface area contributed by atoms with Crippen molar-refractivity contribution in [3.8, 4) is 0 Å². The summed E-state index contributed by atoms with van der Waals surface area (Å²) in [4.78, 5) is 25.9. The number of hydrogen-bond donors (Lipinski definition) is 2. The molecule has 0 unspecified atom stereocenters. The highest BCUT2D eigenvalue weighted by Gasteiger charge is 2.16. The van der Waals surface area contributed by atoms with E-state index in [0.29, 0.717) is 17.1 Å². The first-order valence-electron chi connectivity index (χ1n) is 9.74. The summed E-state index contributed by atoms with van der Waals surface area (Å²) in [5, 5.41) is 8.25. The standard InChI is InChI=1S/C24H23N5O/c1-24(2,3)21-9-8-19(15-27-21)29-23(30)20-5-4-11-26-22(20)28-18-7-6-16-10-12-25-14-17(16)13-18/h4-15H,1-3H3,(H,26,28)(H,29,30). The lowest BCUT2D eigenvalue weighted by Gasteiger charge is -2.17. The average Bonchev–Trinajstić information content (AvgIpc) is 2.74. The Bertz CT molecular complexity index is 1200. The van der Waals surface area contributed by atoms with Crippen molar-refractivity contribution in [3.63, 3.8) is 0 Å². The molecule has 0 radical (unpaired) electrons. The average molecular weight is 397 g/mol. The molecule has 0 aliphatic carbocycles. The van der Waals surface area contributed by atoms with E-state index in [1.54, 1.807) is 36.9 Å². The van der Waals surface area contributed by atoms with Crippen LogP contribution in [-0.2, 0) is 5.41 Å². The SMILES string of the molecule is CC(C)(C)c1ccc(NC(=O)c2cccnc2Nc2ccc3ccncc3c2)cn1. The van der Waals surface area contributed by atoms with Crippen LogP contribution in [-0.4, -0.2) is 20.9 Å². The number of amides is 1. The molecule has 1 aromatic carbocycles. The summed E-state index contributed by atoms with van der Waals surface area (Å²) in [6.07, 6.45) is 6.90. The quantitative estimate of drug-likeness (QED) is 0.487. The number of nitrogens with zero attached hydrogens (tertiary/aromatic N) is 3. The number of hydrogen-bond acceptors (Lipinski definition) is 5.